The van der Waals surface area contributed by atoms with E-state index in [1.165, 1.54) is 22.7 Å². The Bertz CT molecular complexity index is 2100. The Morgan fingerprint density at radius 2 is 1.08 bits per heavy atom. The number of hydrogen-bond acceptors (Lipinski definition) is 14. The first kappa shape index (κ1) is 38.6. The van der Waals surface area contributed by atoms with Gasteiger partial charge in [0.05, 0.1) is 48.4 Å². The first-order chi connectivity index (χ1) is 25.8. The zero-order chi connectivity index (χ0) is 37.6. The van der Waals surface area contributed by atoms with Gasteiger partial charge >= 0.3 is 0 Å². The molecule has 0 radical (unpaired) electrons. The van der Waals surface area contributed by atoms with Crippen LogP contribution in [0.2, 0.25) is 0 Å². The first-order valence-corrected chi connectivity index (χ1v) is 18.6. The Hall–Kier alpha value is -5.58. The Kier molecular flexibility index (Phi) is 14.1. The predicted molar refractivity (Wildman–Crippen MR) is 207 cm³/mol. The standard InChI is InChI=1S/C20H21N3O4S.C17H17N3O3S2/c1-25-15-7-5-4-6-14(15)12-18(24)21-20-23-22-19(28-20)11-13-8-9-16(26-2)17(10-13)27-3;1-22-13-6-5-11(8-14(13)23-2)9-16-19-20-17(25-16)18-15(21)10-12-4-3-7-24-12/h4-10H,11-12H2,1-3H3,(H,21,23,24);3-8H,9-10H2,1-2H3,(H,18,20,21). The molecule has 0 unspecified atom stereocenters. The molecule has 3 heterocycles. The number of anilines is 2. The van der Waals surface area contributed by atoms with Crippen LogP contribution >= 0.6 is 34.0 Å². The average molecular weight is 775 g/mol. The van der Waals surface area contributed by atoms with Crippen LogP contribution in [0.15, 0.2) is 78.2 Å². The number of hydrogen-bond donors (Lipinski definition) is 2. The third kappa shape index (κ3) is 11.2. The lowest BCUT2D eigenvalue weighted by atomic mass is 10.1. The van der Waals surface area contributed by atoms with Crippen molar-refractivity contribution in [1.82, 2.24) is 20.4 Å². The van der Waals surface area contributed by atoms with Crippen molar-refractivity contribution in [2.75, 3.05) is 46.2 Å². The van der Waals surface area contributed by atoms with Gasteiger partial charge in [-0.1, -0.05) is 59.1 Å². The fourth-order valence-corrected chi connectivity index (χ4v) is 7.29. The van der Waals surface area contributed by atoms with Crippen LogP contribution in [-0.4, -0.2) is 67.8 Å². The molecule has 0 aliphatic rings. The van der Waals surface area contributed by atoms with Gasteiger partial charge in [-0.15, -0.1) is 31.7 Å². The maximum absolute atomic E-state index is 12.3. The summed E-state index contributed by atoms with van der Waals surface area (Å²) in [5.41, 5.74) is 2.86. The molecule has 6 rings (SSSR count). The third-order valence-electron chi connectivity index (χ3n) is 7.49. The van der Waals surface area contributed by atoms with Gasteiger partial charge in [-0.2, -0.15) is 0 Å². The number of ether oxygens (including phenoxy) is 5. The van der Waals surface area contributed by atoms with Gasteiger partial charge in [0.2, 0.25) is 22.1 Å². The van der Waals surface area contributed by atoms with E-state index in [0.29, 0.717) is 58.3 Å². The average Bonchev–Trinajstić information content (AvgIpc) is 3.95. The number of nitrogens with zero attached hydrogens (tertiary/aromatic N) is 4. The molecule has 3 aromatic carbocycles. The summed E-state index contributed by atoms with van der Waals surface area (Å²) in [6, 6.07) is 22.7. The van der Waals surface area contributed by atoms with E-state index in [-0.39, 0.29) is 18.2 Å². The van der Waals surface area contributed by atoms with Crippen molar-refractivity contribution in [2.24, 2.45) is 0 Å². The predicted octanol–water partition coefficient (Wildman–Crippen LogP) is 6.72. The largest absolute Gasteiger partial charge is 0.496 e. The van der Waals surface area contributed by atoms with Crippen molar-refractivity contribution in [3.63, 3.8) is 0 Å². The number of carbonyl (C=O) groups is 2. The highest BCUT2D eigenvalue weighted by Gasteiger charge is 2.14. The molecule has 0 saturated carbocycles. The van der Waals surface area contributed by atoms with Gasteiger partial charge in [-0.05, 0) is 52.9 Å². The molecule has 0 saturated heterocycles. The molecule has 276 valence electrons. The molecule has 2 amide bonds. The Labute approximate surface area is 318 Å². The highest BCUT2D eigenvalue weighted by atomic mass is 32.1. The number of amides is 2. The van der Waals surface area contributed by atoms with Gasteiger partial charge in [0.15, 0.2) is 23.0 Å². The summed E-state index contributed by atoms with van der Waals surface area (Å²) in [5, 5.41) is 26.5. The van der Waals surface area contributed by atoms with Crippen molar-refractivity contribution >= 4 is 56.1 Å². The molecule has 16 heteroatoms. The van der Waals surface area contributed by atoms with E-state index in [4.69, 9.17) is 23.7 Å². The molecule has 3 aromatic heterocycles. The Balaban J connectivity index is 0.000000206. The molecule has 0 bridgehead atoms. The molecule has 0 aliphatic heterocycles. The summed E-state index contributed by atoms with van der Waals surface area (Å²) in [5.74, 6) is 3.13. The van der Waals surface area contributed by atoms with E-state index >= 15 is 0 Å². The van der Waals surface area contributed by atoms with E-state index in [9.17, 15) is 9.59 Å². The number of thiophene rings is 1. The molecule has 6 aromatic rings. The van der Waals surface area contributed by atoms with Crippen molar-refractivity contribution in [3.8, 4) is 28.7 Å². The number of aromatic nitrogens is 4. The highest BCUT2D eigenvalue weighted by molar-refractivity contribution is 7.15. The van der Waals surface area contributed by atoms with Crippen LogP contribution in [0.3, 0.4) is 0 Å². The van der Waals surface area contributed by atoms with E-state index in [1.807, 2.05) is 78.2 Å². The van der Waals surface area contributed by atoms with Crippen LogP contribution in [-0.2, 0) is 35.3 Å². The first-order valence-electron chi connectivity index (χ1n) is 16.1. The van der Waals surface area contributed by atoms with Crippen LogP contribution in [0.4, 0.5) is 10.3 Å². The molecule has 0 atom stereocenters. The van der Waals surface area contributed by atoms with Crippen LogP contribution < -0.4 is 34.3 Å². The van der Waals surface area contributed by atoms with Crippen molar-refractivity contribution in [2.45, 2.75) is 25.7 Å². The second-order valence-electron chi connectivity index (χ2n) is 11.1. The van der Waals surface area contributed by atoms with E-state index < -0.39 is 0 Å². The molecule has 0 fully saturated rings. The van der Waals surface area contributed by atoms with Crippen LogP contribution in [0.5, 0.6) is 28.7 Å². The zero-order valence-electron chi connectivity index (χ0n) is 29.7. The summed E-state index contributed by atoms with van der Waals surface area (Å²) < 4.78 is 26.4. The van der Waals surface area contributed by atoms with Gasteiger partial charge in [0, 0.05) is 23.3 Å². The minimum Gasteiger partial charge on any atom is -0.496 e. The highest BCUT2D eigenvalue weighted by Crippen LogP contribution is 2.31. The summed E-state index contributed by atoms with van der Waals surface area (Å²) in [4.78, 5) is 25.3. The Morgan fingerprint density at radius 1 is 0.566 bits per heavy atom. The molecule has 0 spiro atoms. The maximum Gasteiger partial charge on any atom is 0.231 e. The van der Waals surface area contributed by atoms with Crippen LogP contribution in [0.1, 0.15) is 31.6 Å². The van der Waals surface area contributed by atoms with E-state index in [0.717, 1.165) is 31.6 Å². The minimum absolute atomic E-state index is 0.0868. The van der Waals surface area contributed by atoms with E-state index in [1.54, 1.807) is 46.9 Å². The van der Waals surface area contributed by atoms with E-state index in [2.05, 4.69) is 31.0 Å². The normalized spacial score (nSPS) is 10.4. The number of nitrogens with one attached hydrogen (secondary N) is 2. The molecular formula is C37H38N6O7S3. The quantitative estimate of drug-likeness (QED) is 0.114. The zero-order valence-corrected chi connectivity index (χ0v) is 32.2. The van der Waals surface area contributed by atoms with Crippen LogP contribution in [0, 0.1) is 0 Å². The van der Waals surface area contributed by atoms with Gasteiger partial charge in [-0.25, -0.2) is 0 Å². The second-order valence-corrected chi connectivity index (χ2v) is 14.2. The molecular weight excluding hydrogens is 737 g/mol. The number of benzene rings is 3. The summed E-state index contributed by atoms with van der Waals surface area (Å²) in [7, 11) is 7.99. The lowest BCUT2D eigenvalue weighted by molar-refractivity contribution is -0.116. The summed E-state index contributed by atoms with van der Waals surface area (Å²) in [6.45, 7) is 0. The molecule has 0 aliphatic carbocycles. The second kappa shape index (κ2) is 19.3. The summed E-state index contributed by atoms with van der Waals surface area (Å²) in [6.07, 6.45) is 1.75. The number of methoxy groups -OCH3 is 5. The monoisotopic (exact) mass is 774 g/mol. The fourth-order valence-electron chi connectivity index (χ4n) is 5.00. The maximum atomic E-state index is 12.3. The SMILES string of the molecule is COc1ccc(Cc2nnc(NC(=O)Cc3cccs3)s2)cc1OC.COc1ccccc1CC(=O)Nc1nnc(Cc2ccc(OC)c(OC)c2)s1. The number of para-hydroxylation sites is 1. The van der Waals surface area contributed by atoms with Gasteiger partial charge in [0.1, 0.15) is 15.8 Å². The topological polar surface area (TPSA) is 156 Å². The van der Waals surface area contributed by atoms with Gasteiger partial charge in [0.25, 0.3) is 0 Å². The number of rotatable bonds is 15. The fraction of sp³-hybridized carbons (Fsp3) is 0.243. The van der Waals surface area contributed by atoms with Crippen LogP contribution in [0.25, 0.3) is 0 Å². The van der Waals surface area contributed by atoms with Crippen molar-refractivity contribution in [3.05, 3.63) is 110 Å². The smallest absolute Gasteiger partial charge is 0.231 e. The van der Waals surface area contributed by atoms with Crippen molar-refractivity contribution in [1.29, 1.82) is 0 Å². The molecule has 13 nitrogen and oxygen atoms in total. The lowest BCUT2D eigenvalue weighted by Gasteiger charge is -2.08. The lowest BCUT2D eigenvalue weighted by Crippen LogP contribution is -2.14. The third-order valence-corrected chi connectivity index (χ3v) is 10.0. The molecule has 2 N–H and O–H groups in total. The summed E-state index contributed by atoms with van der Waals surface area (Å²) >= 11 is 4.27. The van der Waals surface area contributed by atoms with Gasteiger partial charge < -0.3 is 34.3 Å². The minimum atomic E-state index is -0.168. The van der Waals surface area contributed by atoms with Gasteiger partial charge in [-0.3, -0.25) is 9.59 Å². The Morgan fingerprint density at radius 3 is 1.57 bits per heavy atom. The number of carbonyl (C=O) groups excluding carboxylic acids is 2. The molecule has 53 heavy (non-hydrogen) atoms. The van der Waals surface area contributed by atoms with Crippen molar-refractivity contribution < 1.29 is 33.3 Å².